The molecule has 4 aromatic rings. The Morgan fingerprint density at radius 1 is 1.10 bits per heavy atom. The third-order valence-corrected chi connectivity index (χ3v) is 4.82. The fourth-order valence-corrected chi connectivity index (χ4v) is 3.21. The number of nitrogens with one attached hydrogen (secondary N) is 1. The minimum atomic E-state index is -0.287. The van der Waals surface area contributed by atoms with Gasteiger partial charge in [-0.25, -0.2) is 9.37 Å². The van der Waals surface area contributed by atoms with Gasteiger partial charge >= 0.3 is 0 Å². The fraction of sp³-hybridized carbons (Fsp3) is 0.120. The van der Waals surface area contributed by atoms with Crippen molar-refractivity contribution in [2.24, 2.45) is 0 Å². The standard InChI is InChI=1S/C25H20FN3O2/c1-16-3-9-21-22(11-16)29-25(28-21)19(14-27)12-18-6-10-23(24(13-18)30-2)31-15-17-4-7-20(26)8-5-17/h3-13H,15H2,1-2H3,(H,28,29)/b19-12-. The second-order valence-corrected chi connectivity index (χ2v) is 7.10. The molecule has 0 bridgehead atoms. The van der Waals surface area contributed by atoms with E-state index in [1.165, 1.54) is 12.1 Å². The molecular weight excluding hydrogens is 393 g/mol. The first-order valence-electron chi connectivity index (χ1n) is 9.69. The molecule has 154 valence electrons. The second-order valence-electron chi connectivity index (χ2n) is 7.10. The SMILES string of the molecule is COc1cc(/C=C(/C#N)c2nc3ccc(C)cc3[nH]2)ccc1OCc1ccc(F)cc1. The molecule has 0 amide bonds. The molecule has 0 fully saturated rings. The highest BCUT2D eigenvalue weighted by molar-refractivity contribution is 5.90. The zero-order valence-corrected chi connectivity index (χ0v) is 17.1. The molecule has 4 rings (SSSR count). The number of aromatic nitrogens is 2. The van der Waals surface area contributed by atoms with Crippen LogP contribution in [0.1, 0.15) is 22.5 Å². The minimum absolute atomic E-state index is 0.285. The van der Waals surface area contributed by atoms with Crippen molar-refractivity contribution >= 4 is 22.7 Å². The summed E-state index contributed by atoms with van der Waals surface area (Å²) in [5.74, 6) is 1.32. The zero-order valence-electron chi connectivity index (χ0n) is 17.1. The molecule has 0 aliphatic carbocycles. The van der Waals surface area contributed by atoms with Crippen LogP contribution in [0.4, 0.5) is 4.39 Å². The molecule has 1 heterocycles. The van der Waals surface area contributed by atoms with E-state index < -0.39 is 0 Å². The predicted molar refractivity (Wildman–Crippen MR) is 118 cm³/mol. The van der Waals surface area contributed by atoms with Crippen molar-refractivity contribution in [2.45, 2.75) is 13.5 Å². The van der Waals surface area contributed by atoms with E-state index in [2.05, 4.69) is 16.0 Å². The highest BCUT2D eigenvalue weighted by Crippen LogP contribution is 2.30. The molecule has 1 N–H and O–H groups in total. The Bertz CT molecular complexity index is 1300. The van der Waals surface area contributed by atoms with Gasteiger partial charge in [-0.3, -0.25) is 0 Å². The summed E-state index contributed by atoms with van der Waals surface area (Å²) in [6.45, 7) is 2.29. The number of halogens is 1. The van der Waals surface area contributed by atoms with E-state index in [0.717, 1.165) is 27.7 Å². The molecule has 0 aliphatic heterocycles. The average molecular weight is 413 g/mol. The van der Waals surface area contributed by atoms with Crippen molar-refractivity contribution in [1.29, 1.82) is 5.26 Å². The first kappa shape index (κ1) is 20.2. The molecule has 31 heavy (non-hydrogen) atoms. The van der Waals surface area contributed by atoms with Gasteiger partial charge in [-0.05, 0) is 66.1 Å². The van der Waals surface area contributed by atoms with E-state index in [9.17, 15) is 9.65 Å². The van der Waals surface area contributed by atoms with Gasteiger partial charge in [0.25, 0.3) is 0 Å². The number of imidazole rings is 1. The van der Waals surface area contributed by atoms with Gasteiger partial charge in [0, 0.05) is 0 Å². The van der Waals surface area contributed by atoms with Crippen molar-refractivity contribution in [3.05, 3.63) is 89.0 Å². The number of nitrogens with zero attached hydrogens (tertiary/aromatic N) is 2. The lowest BCUT2D eigenvalue weighted by Gasteiger charge is -2.11. The van der Waals surface area contributed by atoms with Gasteiger partial charge in [0.1, 0.15) is 24.3 Å². The molecule has 0 atom stereocenters. The fourth-order valence-electron chi connectivity index (χ4n) is 3.21. The lowest BCUT2D eigenvalue weighted by molar-refractivity contribution is 0.284. The molecule has 5 nitrogen and oxygen atoms in total. The molecule has 3 aromatic carbocycles. The smallest absolute Gasteiger partial charge is 0.161 e. The largest absolute Gasteiger partial charge is 0.493 e. The van der Waals surface area contributed by atoms with Crippen LogP contribution >= 0.6 is 0 Å². The van der Waals surface area contributed by atoms with Crippen LogP contribution in [0.2, 0.25) is 0 Å². The molecule has 0 unspecified atom stereocenters. The number of benzene rings is 3. The molecule has 0 spiro atoms. The summed E-state index contributed by atoms with van der Waals surface area (Å²) in [7, 11) is 1.56. The summed E-state index contributed by atoms with van der Waals surface area (Å²) >= 11 is 0. The summed E-state index contributed by atoms with van der Waals surface area (Å²) < 4.78 is 24.3. The van der Waals surface area contributed by atoms with Crippen LogP contribution in [-0.2, 0) is 6.61 Å². The monoisotopic (exact) mass is 413 g/mol. The van der Waals surface area contributed by atoms with Crippen molar-refractivity contribution in [2.75, 3.05) is 7.11 Å². The maximum Gasteiger partial charge on any atom is 0.161 e. The Balaban J connectivity index is 1.58. The maximum atomic E-state index is 13.1. The average Bonchev–Trinajstić information content (AvgIpc) is 3.20. The van der Waals surface area contributed by atoms with E-state index >= 15 is 0 Å². The number of methoxy groups -OCH3 is 1. The third kappa shape index (κ3) is 4.57. The van der Waals surface area contributed by atoms with E-state index in [-0.39, 0.29) is 12.4 Å². The number of H-pyrrole nitrogens is 1. The number of allylic oxidation sites excluding steroid dienone is 1. The quantitative estimate of drug-likeness (QED) is 0.414. The van der Waals surface area contributed by atoms with E-state index in [1.807, 2.05) is 31.2 Å². The number of hydrogen-bond acceptors (Lipinski definition) is 4. The van der Waals surface area contributed by atoms with Gasteiger partial charge in [0.15, 0.2) is 11.5 Å². The van der Waals surface area contributed by atoms with Gasteiger partial charge in [-0.2, -0.15) is 5.26 Å². The van der Waals surface area contributed by atoms with E-state index in [4.69, 9.17) is 9.47 Å². The van der Waals surface area contributed by atoms with Gasteiger partial charge in [0.05, 0.1) is 23.7 Å². The Labute approximate surface area is 179 Å². The topological polar surface area (TPSA) is 70.9 Å². The van der Waals surface area contributed by atoms with Crippen LogP contribution in [0.5, 0.6) is 11.5 Å². The molecular formula is C25H20FN3O2. The summed E-state index contributed by atoms with van der Waals surface area (Å²) in [6.07, 6.45) is 1.75. The number of rotatable bonds is 6. The number of aromatic amines is 1. The van der Waals surface area contributed by atoms with Crippen LogP contribution in [-0.4, -0.2) is 17.1 Å². The normalized spacial score (nSPS) is 11.4. The number of fused-ring (bicyclic) bond motifs is 1. The highest BCUT2D eigenvalue weighted by atomic mass is 19.1. The van der Waals surface area contributed by atoms with Crippen molar-refractivity contribution < 1.29 is 13.9 Å². The first-order chi connectivity index (χ1) is 15.1. The molecule has 6 heteroatoms. The van der Waals surface area contributed by atoms with Crippen LogP contribution in [0, 0.1) is 24.1 Å². The van der Waals surface area contributed by atoms with Gasteiger partial charge in [0.2, 0.25) is 0 Å². The molecule has 0 saturated heterocycles. The first-order valence-corrected chi connectivity index (χ1v) is 9.69. The number of hydrogen-bond donors (Lipinski definition) is 1. The molecule has 0 aliphatic rings. The predicted octanol–water partition coefficient (Wildman–Crippen LogP) is 5.66. The summed E-state index contributed by atoms with van der Waals surface area (Å²) in [6, 6.07) is 19.7. The van der Waals surface area contributed by atoms with Crippen molar-refractivity contribution in [3.63, 3.8) is 0 Å². The van der Waals surface area contributed by atoms with Gasteiger partial charge in [-0.15, -0.1) is 0 Å². The Morgan fingerprint density at radius 2 is 1.90 bits per heavy atom. The van der Waals surface area contributed by atoms with Crippen molar-refractivity contribution in [1.82, 2.24) is 9.97 Å². The summed E-state index contributed by atoms with van der Waals surface area (Å²) in [4.78, 5) is 7.73. The van der Waals surface area contributed by atoms with Gasteiger partial charge < -0.3 is 14.5 Å². The van der Waals surface area contributed by atoms with Crippen LogP contribution < -0.4 is 9.47 Å². The number of aryl methyl sites for hydroxylation is 1. The lowest BCUT2D eigenvalue weighted by atomic mass is 10.1. The summed E-state index contributed by atoms with van der Waals surface area (Å²) in [5.41, 5.74) is 4.85. The molecule has 0 saturated carbocycles. The van der Waals surface area contributed by atoms with Crippen molar-refractivity contribution in [3.8, 4) is 17.6 Å². The van der Waals surface area contributed by atoms with E-state index in [1.54, 1.807) is 37.5 Å². The minimum Gasteiger partial charge on any atom is -0.493 e. The lowest BCUT2D eigenvalue weighted by Crippen LogP contribution is -1.98. The number of nitriles is 1. The number of ether oxygens (including phenoxy) is 2. The highest BCUT2D eigenvalue weighted by Gasteiger charge is 2.10. The van der Waals surface area contributed by atoms with Crippen LogP contribution in [0.3, 0.4) is 0 Å². The Hall–Kier alpha value is -4.11. The molecule has 0 radical (unpaired) electrons. The summed E-state index contributed by atoms with van der Waals surface area (Å²) in [5, 5.41) is 9.67. The zero-order chi connectivity index (χ0) is 21.8. The molecule has 1 aromatic heterocycles. The van der Waals surface area contributed by atoms with Crippen LogP contribution in [0.15, 0.2) is 60.7 Å². The van der Waals surface area contributed by atoms with E-state index in [0.29, 0.717) is 22.9 Å². The Morgan fingerprint density at radius 3 is 2.65 bits per heavy atom. The third-order valence-electron chi connectivity index (χ3n) is 4.82. The maximum absolute atomic E-state index is 13.1. The van der Waals surface area contributed by atoms with Gasteiger partial charge in [-0.1, -0.05) is 24.3 Å². The Kier molecular flexibility index (Phi) is 5.67. The van der Waals surface area contributed by atoms with Crippen LogP contribution in [0.25, 0.3) is 22.7 Å². The second kappa shape index (κ2) is 8.72.